The average Bonchev–Trinajstić information content (AvgIpc) is 3.26. The minimum absolute atomic E-state index is 0.0257. The van der Waals surface area contributed by atoms with Crippen molar-refractivity contribution in [2.24, 2.45) is 0 Å². The summed E-state index contributed by atoms with van der Waals surface area (Å²) in [7, 11) is 0. The first-order valence-corrected chi connectivity index (χ1v) is 12.7. The van der Waals surface area contributed by atoms with Crippen LogP contribution in [-0.2, 0) is 17.9 Å². The van der Waals surface area contributed by atoms with E-state index in [1.54, 1.807) is 0 Å². The Morgan fingerprint density at radius 2 is 1.58 bits per heavy atom. The van der Waals surface area contributed by atoms with Crippen LogP contribution >= 0.6 is 34.4 Å². The maximum absolute atomic E-state index is 12.3. The summed E-state index contributed by atoms with van der Waals surface area (Å²) in [5.74, 6) is 1.46. The number of benzene rings is 3. The molecule has 4 aromatic rings. The molecule has 0 saturated heterocycles. The number of para-hydroxylation sites is 1. The van der Waals surface area contributed by atoms with E-state index < -0.39 is 0 Å². The molecule has 3 aromatic carbocycles. The van der Waals surface area contributed by atoms with Gasteiger partial charge in [0.15, 0.2) is 11.0 Å². The highest BCUT2D eigenvalue weighted by atomic mass is 127. The number of hydrogen-bond acceptors (Lipinski definition) is 5. The number of anilines is 1. The van der Waals surface area contributed by atoms with E-state index in [2.05, 4.69) is 67.7 Å². The second kappa shape index (κ2) is 11.9. The zero-order valence-electron chi connectivity index (χ0n) is 17.9. The predicted octanol–water partition coefficient (Wildman–Crippen LogP) is 5.28. The lowest BCUT2D eigenvalue weighted by Crippen LogP contribution is -2.23. The SMILES string of the molecule is O=C(CCSc1nnc(CNc2ccc(I)cc2)n1-c1ccccc1)NCc1ccccc1. The van der Waals surface area contributed by atoms with E-state index in [0.717, 1.165) is 27.9 Å². The summed E-state index contributed by atoms with van der Waals surface area (Å²) >= 11 is 3.83. The van der Waals surface area contributed by atoms with Gasteiger partial charge in [0, 0.05) is 33.7 Å². The third-order valence-electron chi connectivity index (χ3n) is 4.90. The number of nitrogens with one attached hydrogen (secondary N) is 2. The smallest absolute Gasteiger partial charge is 0.221 e. The summed E-state index contributed by atoms with van der Waals surface area (Å²) in [4.78, 5) is 12.3. The van der Waals surface area contributed by atoms with Crippen LogP contribution < -0.4 is 10.6 Å². The van der Waals surface area contributed by atoms with E-state index >= 15 is 0 Å². The third-order valence-corrected chi connectivity index (χ3v) is 6.55. The predicted molar refractivity (Wildman–Crippen MR) is 141 cm³/mol. The molecule has 0 atom stereocenters. The molecule has 1 heterocycles. The molecule has 0 unspecified atom stereocenters. The van der Waals surface area contributed by atoms with Gasteiger partial charge in [-0.3, -0.25) is 9.36 Å². The van der Waals surface area contributed by atoms with Gasteiger partial charge in [-0.2, -0.15) is 0 Å². The number of nitrogens with zero attached hydrogens (tertiary/aromatic N) is 3. The van der Waals surface area contributed by atoms with Crippen LogP contribution in [-0.4, -0.2) is 26.4 Å². The highest BCUT2D eigenvalue weighted by Crippen LogP contribution is 2.23. The van der Waals surface area contributed by atoms with Crippen molar-refractivity contribution in [3.8, 4) is 5.69 Å². The lowest BCUT2D eigenvalue weighted by molar-refractivity contribution is -0.120. The Balaban J connectivity index is 1.38. The summed E-state index contributed by atoms with van der Waals surface area (Å²) in [5, 5.41) is 16.0. The van der Waals surface area contributed by atoms with Gasteiger partial charge in [0.1, 0.15) is 0 Å². The molecule has 0 aliphatic heterocycles. The van der Waals surface area contributed by atoms with Crippen LogP contribution in [0, 0.1) is 3.57 Å². The van der Waals surface area contributed by atoms with E-state index in [1.807, 2.05) is 65.2 Å². The minimum Gasteiger partial charge on any atom is -0.378 e. The number of aromatic nitrogens is 3. The van der Waals surface area contributed by atoms with Crippen LogP contribution in [0.2, 0.25) is 0 Å². The van der Waals surface area contributed by atoms with Gasteiger partial charge in [0.05, 0.1) is 6.54 Å². The van der Waals surface area contributed by atoms with Crippen molar-refractivity contribution in [3.05, 3.63) is 99.9 Å². The fourth-order valence-corrected chi connectivity index (χ4v) is 4.48. The molecule has 1 amide bonds. The zero-order valence-corrected chi connectivity index (χ0v) is 20.9. The van der Waals surface area contributed by atoms with Crippen molar-refractivity contribution < 1.29 is 4.79 Å². The van der Waals surface area contributed by atoms with Crippen molar-refractivity contribution in [2.45, 2.75) is 24.7 Å². The molecule has 6 nitrogen and oxygen atoms in total. The molecule has 1 aromatic heterocycles. The largest absolute Gasteiger partial charge is 0.378 e. The number of rotatable bonds is 10. The molecule has 33 heavy (non-hydrogen) atoms. The highest BCUT2D eigenvalue weighted by Gasteiger charge is 2.15. The molecule has 8 heteroatoms. The van der Waals surface area contributed by atoms with Crippen LogP contribution in [0.25, 0.3) is 5.69 Å². The molecule has 2 N–H and O–H groups in total. The zero-order chi connectivity index (χ0) is 22.9. The monoisotopic (exact) mass is 569 g/mol. The van der Waals surface area contributed by atoms with E-state index in [1.165, 1.54) is 15.3 Å². The van der Waals surface area contributed by atoms with Crippen LogP contribution in [0.4, 0.5) is 5.69 Å². The van der Waals surface area contributed by atoms with E-state index in [-0.39, 0.29) is 5.91 Å². The third kappa shape index (κ3) is 6.82. The Hall–Kier alpha value is -2.85. The number of carbonyl (C=O) groups excluding carboxylic acids is 1. The fourth-order valence-electron chi connectivity index (χ4n) is 3.21. The van der Waals surface area contributed by atoms with Crippen LogP contribution in [0.15, 0.2) is 90.1 Å². The van der Waals surface area contributed by atoms with Crippen molar-refractivity contribution in [1.82, 2.24) is 20.1 Å². The number of thioether (sulfide) groups is 1. The molecule has 0 aliphatic rings. The molecule has 0 radical (unpaired) electrons. The van der Waals surface area contributed by atoms with Crippen molar-refractivity contribution in [1.29, 1.82) is 0 Å². The van der Waals surface area contributed by atoms with Gasteiger partial charge in [-0.05, 0) is 64.6 Å². The maximum atomic E-state index is 12.3. The maximum Gasteiger partial charge on any atom is 0.221 e. The van der Waals surface area contributed by atoms with Gasteiger partial charge in [-0.1, -0.05) is 60.3 Å². The summed E-state index contributed by atoms with van der Waals surface area (Å²) < 4.78 is 3.24. The molecular weight excluding hydrogens is 545 g/mol. The van der Waals surface area contributed by atoms with Crippen LogP contribution in [0.1, 0.15) is 17.8 Å². The Labute approximate surface area is 211 Å². The normalized spacial score (nSPS) is 10.7. The molecule has 0 saturated carbocycles. The van der Waals surface area contributed by atoms with Crippen molar-refractivity contribution >= 4 is 45.9 Å². The van der Waals surface area contributed by atoms with Gasteiger partial charge < -0.3 is 10.6 Å². The quantitative estimate of drug-likeness (QED) is 0.201. The Kier molecular flexibility index (Phi) is 8.37. The number of amides is 1. The topological polar surface area (TPSA) is 71.8 Å². The summed E-state index contributed by atoms with van der Waals surface area (Å²) in [5.41, 5.74) is 3.12. The van der Waals surface area contributed by atoms with E-state index in [4.69, 9.17) is 0 Å². The van der Waals surface area contributed by atoms with Gasteiger partial charge >= 0.3 is 0 Å². The average molecular weight is 569 g/mol. The lowest BCUT2D eigenvalue weighted by Gasteiger charge is -2.11. The van der Waals surface area contributed by atoms with Crippen LogP contribution in [0.3, 0.4) is 0 Å². The first-order chi connectivity index (χ1) is 16.2. The minimum atomic E-state index is 0.0257. The number of carbonyl (C=O) groups is 1. The fraction of sp³-hybridized carbons (Fsp3) is 0.160. The summed E-state index contributed by atoms with van der Waals surface area (Å²) in [6.45, 7) is 1.08. The summed E-state index contributed by atoms with van der Waals surface area (Å²) in [6, 6.07) is 28.2. The van der Waals surface area contributed by atoms with Gasteiger partial charge in [-0.25, -0.2) is 0 Å². The molecule has 4 rings (SSSR count). The van der Waals surface area contributed by atoms with E-state index in [0.29, 0.717) is 25.3 Å². The summed E-state index contributed by atoms with van der Waals surface area (Å²) in [6.07, 6.45) is 0.412. The standard InChI is InChI=1S/C25H24IN5OS/c26-20-11-13-21(14-12-20)27-18-23-29-30-25(31(23)22-9-5-2-6-10-22)33-16-15-24(32)28-17-19-7-3-1-4-8-19/h1-14,27H,15-18H2,(H,28,32). The second-order valence-electron chi connectivity index (χ2n) is 7.29. The first-order valence-electron chi connectivity index (χ1n) is 10.6. The molecule has 0 spiro atoms. The lowest BCUT2D eigenvalue weighted by atomic mass is 10.2. The number of hydrogen-bond donors (Lipinski definition) is 2. The van der Waals surface area contributed by atoms with Gasteiger partial charge in [-0.15, -0.1) is 10.2 Å². The van der Waals surface area contributed by atoms with Gasteiger partial charge in [0.25, 0.3) is 0 Å². The van der Waals surface area contributed by atoms with Crippen molar-refractivity contribution in [3.63, 3.8) is 0 Å². The molecular formula is C25H24IN5OS. The highest BCUT2D eigenvalue weighted by molar-refractivity contribution is 14.1. The molecule has 168 valence electrons. The number of halogens is 1. The van der Waals surface area contributed by atoms with E-state index in [9.17, 15) is 4.79 Å². The van der Waals surface area contributed by atoms with Gasteiger partial charge in [0.2, 0.25) is 5.91 Å². The molecule has 0 bridgehead atoms. The second-order valence-corrected chi connectivity index (χ2v) is 9.60. The Morgan fingerprint density at radius 1 is 0.879 bits per heavy atom. The molecule has 0 aliphatic carbocycles. The van der Waals surface area contributed by atoms with Crippen molar-refractivity contribution in [2.75, 3.05) is 11.1 Å². The Morgan fingerprint density at radius 3 is 2.30 bits per heavy atom. The first kappa shape index (κ1) is 23.3. The van der Waals surface area contributed by atoms with Crippen LogP contribution in [0.5, 0.6) is 0 Å². The Bertz CT molecular complexity index is 1170. The molecule has 0 fully saturated rings.